The van der Waals surface area contributed by atoms with Crippen molar-refractivity contribution in [3.05, 3.63) is 76.1 Å². The maximum atomic E-state index is 14.2. The van der Waals surface area contributed by atoms with E-state index in [0.717, 1.165) is 79.6 Å². The lowest BCUT2D eigenvalue weighted by Gasteiger charge is -2.43. The number of piperidine rings is 1. The topological polar surface area (TPSA) is 90.0 Å². The van der Waals surface area contributed by atoms with Crippen LogP contribution in [-0.4, -0.2) is 69.5 Å². The first-order valence-electron chi connectivity index (χ1n) is 15.9. The summed E-state index contributed by atoms with van der Waals surface area (Å²) in [6.45, 7) is 7.16. The van der Waals surface area contributed by atoms with E-state index >= 15 is 0 Å². The molecule has 2 aromatic carbocycles. The Kier molecular flexibility index (Phi) is 7.19. The molecule has 3 fully saturated rings. The van der Waals surface area contributed by atoms with Gasteiger partial charge in [-0.05, 0) is 84.4 Å². The molecule has 230 valence electrons. The molecule has 4 amide bonds. The molecule has 0 saturated carbocycles. The number of rotatable bonds is 5. The SMILES string of the molecule is CC1(C)CCC(C(=O)N2C3CCC2CN(Cc2ccc4c(c2)CN(C2CCC(=O)NC2=O)C4=O)C3)=C(c2ccc(F)cc2)C1. The van der Waals surface area contributed by atoms with Gasteiger partial charge in [-0.2, -0.15) is 0 Å². The van der Waals surface area contributed by atoms with Crippen LogP contribution in [0.5, 0.6) is 0 Å². The lowest BCUT2D eigenvalue weighted by atomic mass is 9.72. The normalized spacial score (nSPS) is 26.7. The van der Waals surface area contributed by atoms with Gasteiger partial charge >= 0.3 is 0 Å². The molecule has 4 aliphatic heterocycles. The zero-order valence-electron chi connectivity index (χ0n) is 25.4. The number of carbonyl (C=O) groups is 4. The second-order valence-electron chi connectivity index (χ2n) is 14.0. The Bertz CT molecular complexity index is 1570. The fourth-order valence-electron chi connectivity index (χ4n) is 8.04. The molecule has 4 heterocycles. The first-order chi connectivity index (χ1) is 21.1. The van der Waals surface area contributed by atoms with Crippen LogP contribution >= 0.6 is 0 Å². The maximum Gasteiger partial charge on any atom is 0.255 e. The number of fused-ring (bicyclic) bond motifs is 3. The molecular formula is C35H39FN4O4. The molecular weight excluding hydrogens is 559 g/mol. The van der Waals surface area contributed by atoms with Gasteiger partial charge in [0.05, 0.1) is 0 Å². The van der Waals surface area contributed by atoms with Crippen LogP contribution in [0.2, 0.25) is 0 Å². The predicted octanol–water partition coefficient (Wildman–Crippen LogP) is 4.43. The third-order valence-electron chi connectivity index (χ3n) is 10.3. The van der Waals surface area contributed by atoms with Gasteiger partial charge in [0.15, 0.2) is 0 Å². The summed E-state index contributed by atoms with van der Waals surface area (Å²) in [4.78, 5) is 57.5. The van der Waals surface area contributed by atoms with E-state index in [0.29, 0.717) is 18.5 Å². The van der Waals surface area contributed by atoms with Crippen LogP contribution in [-0.2, 0) is 27.5 Å². The van der Waals surface area contributed by atoms with Gasteiger partial charge in [-0.3, -0.25) is 29.4 Å². The number of hydrogen-bond acceptors (Lipinski definition) is 5. The fraction of sp³-hybridized carbons (Fsp3) is 0.486. The third kappa shape index (κ3) is 5.25. The highest BCUT2D eigenvalue weighted by molar-refractivity contribution is 6.05. The number of carbonyl (C=O) groups excluding carboxylic acids is 4. The van der Waals surface area contributed by atoms with Crippen LogP contribution in [0.1, 0.15) is 85.8 Å². The van der Waals surface area contributed by atoms with E-state index in [-0.39, 0.29) is 47.5 Å². The van der Waals surface area contributed by atoms with Crippen molar-refractivity contribution in [1.29, 1.82) is 0 Å². The van der Waals surface area contributed by atoms with Crippen LogP contribution in [0.25, 0.3) is 5.57 Å². The van der Waals surface area contributed by atoms with Gasteiger partial charge in [0.25, 0.3) is 11.8 Å². The smallest absolute Gasteiger partial charge is 0.255 e. The second-order valence-corrected chi connectivity index (χ2v) is 14.0. The molecule has 1 N–H and O–H groups in total. The van der Waals surface area contributed by atoms with E-state index in [2.05, 4.69) is 35.0 Å². The van der Waals surface area contributed by atoms with Gasteiger partial charge in [-0.1, -0.05) is 38.1 Å². The summed E-state index contributed by atoms with van der Waals surface area (Å²) in [7, 11) is 0. The molecule has 0 radical (unpaired) electrons. The number of amides is 4. The fourth-order valence-corrected chi connectivity index (χ4v) is 8.04. The Labute approximate surface area is 257 Å². The van der Waals surface area contributed by atoms with Crippen LogP contribution in [0.3, 0.4) is 0 Å². The monoisotopic (exact) mass is 598 g/mol. The summed E-state index contributed by atoms with van der Waals surface area (Å²) in [5.74, 6) is -0.972. The number of nitrogens with one attached hydrogen (secondary N) is 1. The van der Waals surface area contributed by atoms with Gasteiger partial charge < -0.3 is 9.80 Å². The highest BCUT2D eigenvalue weighted by atomic mass is 19.1. The summed E-state index contributed by atoms with van der Waals surface area (Å²) in [5, 5.41) is 2.36. The lowest BCUT2D eigenvalue weighted by molar-refractivity contribution is -0.137. The Balaban J connectivity index is 1.05. The Morgan fingerprint density at radius 3 is 2.41 bits per heavy atom. The van der Waals surface area contributed by atoms with E-state index < -0.39 is 11.9 Å². The number of hydrogen-bond donors (Lipinski definition) is 1. The van der Waals surface area contributed by atoms with Crippen LogP contribution in [0.15, 0.2) is 48.0 Å². The van der Waals surface area contributed by atoms with Crippen LogP contribution in [0, 0.1) is 11.2 Å². The van der Waals surface area contributed by atoms with Gasteiger partial charge in [0, 0.05) is 55.8 Å². The molecule has 2 bridgehead atoms. The van der Waals surface area contributed by atoms with Crippen molar-refractivity contribution in [2.75, 3.05) is 13.1 Å². The standard InChI is InChI=1S/C35H39FN4O4/c1-35(2)14-13-28(29(16-35)22-4-6-24(36)7-5-22)34(44)40-25-8-9-26(40)20-38(19-25)17-21-3-10-27-23(15-21)18-39(33(27)43)30-11-12-31(41)37-32(30)42/h3-7,10,15,25-26,30H,8-9,11-14,16-20H2,1-2H3,(H,37,41,42). The molecule has 2 aromatic rings. The van der Waals surface area contributed by atoms with Gasteiger partial charge in [0.2, 0.25) is 11.8 Å². The van der Waals surface area contributed by atoms with Crippen molar-refractivity contribution >= 4 is 29.2 Å². The molecule has 3 unspecified atom stereocenters. The minimum absolute atomic E-state index is 0.0878. The van der Waals surface area contributed by atoms with E-state index in [1.54, 1.807) is 17.0 Å². The third-order valence-corrected chi connectivity index (χ3v) is 10.3. The lowest BCUT2D eigenvalue weighted by Crippen LogP contribution is -2.56. The van der Waals surface area contributed by atoms with Crippen molar-refractivity contribution in [2.45, 2.75) is 90.0 Å². The first kappa shape index (κ1) is 28.9. The summed E-state index contributed by atoms with van der Waals surface area (Å²) in [5.41, 5.74) is 5.63. The molecule has 8 nitrogen and oxygen atoms in total. The average Bonchev–Trinajstić information content (AvgIpc) is 3.44. The minimum atomic E-state index is -0.619. The molecule has 7 rings (SSSR count). The Morgan fingerprint density at radius 2 is 1.70 bits per heavy atom. The van der Waals surface area contributed by atoms with E-state index in [1.165, 1.54) is 12.1 Å². The van der Waals surface area contributed by atoms with E-state index in [1.807, 2.05) is 12.1 Å². The van der Waals surface area contributed by atoms with E-state index in [4.69, 9.17) is 0 Å². The molecule has 44 heavy (non-hydrogen) atoms. The van der Waals surface area contributed by atoms with Crippen molar-refractivity contribution in [3.63, 3.8) is 0 Å². The van der Waals surface area contributed by atoms with Gasteiger partial charge in [0.1, 0.15) is 11.9 Å². The summed E-state index contributed by atoms with van der Waals surface area (Å²) in [6.07, 6.45) is 5.05. The molecule has 3 saturated heterocycles. The highest BCUT2D eigenvalue weighted by Crippen LogP contribution is 2.45. The second kappa shape index (κ2) is 10.9. The number of imide groups is 1. The summed E-state index contributed by atoms with van der Waals surface area (Å²) < 4.78 is 13.7. The van der Waals surface area contributed by atoms with Crippen molar-refractivity contribution in [1.82, 2.24) is 20.0 Å². The van der Waals surface area contributed by atoms with Crippen LogP contribution < -0.4 is 5.32 Å². The zero-order chi connectivity index (χ0) is 30.7. The molecule has 0 spiro atoms. The number of likely N-dealkylation sites (tertiary alicyclic amines) is 1. The van der Waals surface area contributed by atoms with Crippen molar-refractivity contribution in [2.24, 2.45) is 5.41 Å². The molecule has 9 heteroatoms. The minimum Gasteiger partial charge on any atom is -0.330 e. The van der Waals surface area contributed by atoms with E-state index in [9.17, 15) is 23.6 Å². The number of nitrogens with zero attached hydrogens (tertiary/aromatic N) is 3. The quantitative estimate of drug-likeness (QED) is 0.515. The molecule has 1 aliphatic carbocycles. The van der Waals surface area contributed by atoms with Crippen molar-refractivity contribution in [3.8, 4) is 0 Å². The molecule has 3 atom stereocenters. The largest absolute Gasteiger partial charge is 0.330 e. The first-order valence-corrected chi connectivity index (χ1v) is 15.9. The zero-order valence-corrected chi connectivity index (χ0v) is 25.4. The summed E-state index contributed by atoms with van der Waals surface area (Å²) >= 11 is 0. The predicted molar refractivity (Wildman–Crippen MR) is 162 cm³/mol. The van der Waals surface area contributed by atoms with Crippen LogP contribution in [0.4, 0.5) is 4.39 Å². The average molecular weight is 599 g/mol. The molecule has 0 aromatic heterocycles. The Morgan fingerprint density at radius 1 is 0.977 bits per heavy atom. The van der Waals surface area contributed by atoms with Gasteiger partial charge in [-0.25, -0.2) is 4.39 Å². The number of benzene rings is 2. The number of allylic oxidation sites excluding steroid dienone is 1. The highest BCUT2D eigenvalue weighted by Gasteiger charge is 2.45. The molecule has 5 aliphatic rings. The van der Waals surface area contributed by atoms with Gasteiger partial charge in [-0.15, -0.1) is 0 Å². The summed E-state index contributed by atoms with van der Waals surface area (Å²) in [6, 6.07) is 12.2. The Hall–Kier alpha value is -3.85. The van der Waals surface area contributed by atoms with Crippen molar-refractivity contribution < 1.29 is 23.6 Å². The number of piperazine rings is 1. The maximum absolute atomic E-state index is 14.2. The number of halogens is 1.